The van der Waals surface area contributed by atoms with Crippen LogP contribution in [0.3, 0.4) is 0 Å². The van der Waals surface area contributed by atoms with Crippen LogP contribution in [0.5, 0.6) is 5.75 Å². The topological polar surface area (TPSA) is 58.6 Å². The van der Waals surface area contributed by atoms with Crippen molar-refractivity contribution in [1.29, 1.82) is 0 Å². The van der Waals surface area contributed by atoms with Crippen molar-refractivity contribution >= 4 is 5.91 Å². The lowest BCUT2D eigenvalue weighted by atomic mass is 9.96. The van der Waals surface area contributed by atoms with E-state index in [4.69, 9.17) is 4.74 Å². The summed E-state index contributed by atoms with van der Waals surface area (Å²) in [5.41, 5.74) is -1.07. The Morgan fingerprint density at radius 1 is 1.08 bits per heavy atom. The Morgan fingerprint density at radius 3 is 2.15 bits per heavy atom. The van der Waals surface area contributed by atoms with Crippen LogP contribution in [0.2, 0.25) is 0 Å². The first-order valence-corrected chi connectivity index (χ1v) is 7.91. The molecule has 0 aliphatic carbocycles. The van der Waals surface area contributed by atoms with Crippen molar-refractivity contribution in [3.05, 3.63) is 65.2 Å². The number of nitrogens with one attached hydrogen (secondary N) is 1. The van der Waals surface area contributed by atoms with Gasteiger partial charge in [-0.3, -0.25) is 4.79 Å². The third-order valence-electron chi connectivity index (χ3n) is 3.85. The number of aliphatic hydroxyl groups is 1. The molecule has 0 heterocycles. The number of alkyl halides is 3. The second-order valence-corrected chi connectivity index (χ2v) is 6.28. The fourth-order valence-corrected chi connectivity index (χ4v) is 2.43. The molecule has 0 saturated heterocycles. The molecule has 2 rings (SSSR count). The van der Waals surface area contributed by atoms with Gasteiger partial charge in [-0.25, -0.2) is 0 Å². The van der Waals surface area contributed by atoms with Crippen LogP contribution in [0.1, 0.15) is 28.4 Å². The lowest BCUT2D eigenvalue weighted by Crippen LogP contribution is -2.42. The van der Waals surface area contributed by atoms with Gasteiger partial charge in [0.15, 0.2) is 0 Å². The average Bonchev–Trinajstić information content (AvgIpc) is 2.59. The molecule has 26 heavy (non-hydrogen) atoms. The van der Waals surface area contributed by atoms with Crippen LogP contribution in [0.4, 0.5) is 13.2 Å². The summed E-state index contributed by atoms with van der Waals surface area (Å²) in [4.78, 5) is 12.1. The van der Waals surface area contributed by atoms with Gasteiger partial charge >= 0.3 is 6.18 Å². The lowest BCUT2D eigenvalue weighted by molar-refractivity contribution is -0.137. The van der Waals surface area contributed by atoms with Crippen LogP contribution in [0.25, 0.3) is 0 Å². The molecule has 0 aromatic heterocycles. The summed E-state index contributed by atoms with van der Waals surface area (Å²) in [6.45, 7) is 1.53. The first kappa shape index (κ1) is 19.8. The number of benzene rings is 2. The van der Waals surface area contributed by atoms with Crippen molar-refractivity contribution < 1.29 is 27.8 Å². The zero-order chi connectivity index (χ0) is 19.4. The van der Waals surface area contributed by atoms with Crippen molar-refractivity contribution in [3.8, 4) is 5.75 Å². The highest BCUT2D eigenvalue weighted by atomic mass is 19.4. The van der Waals surface area contributed by atoms with Gasteiger partial charge in [0.1, 0.15) is 5.75 Å². The van der Waals surface area contributed by atoms with Gasteiger partial charge in [-0.05, 0) is 48.9 Å². The molecule has 1 amide bonds. The summed E-state index contributed by atoms with van der Waals surface area (Å²) in [5, 5.41) is 13.0. The highest BCUT2D eigenvalue weighted by molar-refractivity contribution is 5.94. The van der Waals surface area contributed by atoms with E-state index in [0.29, 0.717) is 12.2 Å². The molecule has 0 aliphatic rings. The minimum absolute atomic E-state index is 0.0428. The fraction of sp³-hybridized carbons (Fsp3) is 0.316. The van der Waals surface area contributed by atoms with Crippen LogP contribution in [-0.2, 0) is 12.6 Å². The zero-order valence-electron chi connectivity index (χ0n) is 14.4. The van der Waals surface area contributed by atoms with E-state index < -0.39 is 23.2 Å². The molecule has 140 valence electrons. The largest absolute Gasteiger partial charge is 0.497 e. The summed E-state index contributed by atoms with van der Waals surface area (Å²) in [5.74, 6) is 0.151. The van der Waals surface area contributed by atoms with E-state index in [-0.39, 0.29) is 12.1 Å². The highest BCUT2D eigenvalue weighted by Crippen LogP contribution is 2.29. The Hall–Kier alpha value is -2.54. The number of hydrogen-bond donors (Lipinski definition) is 2. The summed E-state index contributed by atoms with van der Waals surface area (Å²) in [6.07, 6.45) is -4.15. The Kier molecular flexibility index (Phi) is 5.92. The molecule has 7 heteroatoms. The normalized spacial score (nSPS) is 13.8. The molecule has 2 N–H and O–H groups in total. The summed E-state index contributed by atoms with van der Waals surface area (Å²) < 4.78 is 42.7. The van der Waals surface area contributed by atoms with Crippen LogP contribution >= 0.6 is 0 Å². The van der Waals surface area contributed by atoms with Crippen molar-refractivity contribution in [3.63, 3.8) is 0 Å². The average molecular weight is 367 g/mol. The van der Waals surface area contributed by atoms with E-state index in [0.717, 1.165) is 29.8 Å². The number of amides is 1. The van der Waals surface area contributed by atoms with Gasteiger partial charge in [0.25, 0.3) is 5.91 Å². The van der Waals surface area contributed by atoms with E-state index >= 15 is 0 Å². The molecule has 0 saturated carbocycles. The highest BCUT2D eigenvalue weighted by Gasteiger charge is 2.30. The molecule has 2 aromatic rings. The van der Waals surface area contributed by atoms with Crippen molar-refractivity contribution in [2.45, 2.75) is 25.1 Å². The smallest absolute Gasteiger partial charge is 0.416 e. The van der Waals surface area contributed by atoms with Gasteiger partial charge in [0.2, 0.25) is 0 Å². The van der Waals surface area contributed by atoms with Gasteiger partial charge < -0.3 is 15.2 Å². The number of carbonyl (C=O) groups excluding carboxylic acids is 1. The lowest BCUT2D eigenvalue weighted by Gasteiger charge is -2.24. The maximum atomic E-state index is 12.5. The first-order valence-electron chi connectivity index (χ1n) is 7.91. The quantitative estimate of drug-likeness (QED) is 0.822. The molecule has 0 bridgehead atoms. The minimum Gasteiger partial charge on any atom is -0.497 e. The molecular weight excluding hydrogens is 347 g/mol. The predicted molar refractivity (Wildman–Crippen MR) is 91.1 cm³/mol. The third-order valence-corrected chi connectivity index (χ3v) is 3.85. The Balaban J connectivity index is 1.94. The van der Waals surface area contributed by atoms with Crippen LogP contribution < -0.4 is 10.1 Å². The van der Waals surface area contributed by atoms with E-state index in [1.54, 1.807) is 26.2 Å². The van der Waals surface area contributed by atoms with Crippen LogP contribution in [0.15, 0.2) is 48.5 Å². The Morgan fingerprint density at radius 2 is 1.65 bits per heavy atom. The number of methoxy groups -OCH3 is 1. The Labute approximate surface area is 149 Å². The molecule has 1 atom stereocenters. The van der Waals surface area contributed by atoms with Gasteiger partial charge in [-0.1, -0.05) is 12.1 Å². The predicted octanol–water partition coefficient (Wildman–Crippen LogP) is 3.44. The van der Waals surface area contributed by atoms with Gasteiger partial charge in [0, 0.05) is 18.5 Å². The molecular formula is C19H20F3NO3. The molecule has 0 fully saturated rings. The SMILES string of the molecule is COc1ccc(CC(C)(O)CNC(=O)c2ccc(C(F)(F)F)cc2)cc1. The second-order valence-electron chi connectivity index (χ2n) is 6.28. The Bertz CT molecular complexity index is 738. The first-order chi connectivity index (χ1) is 12.1. The van der Waals surface area contributed by atoms with E-state index in [1.165, 1.54) is 0 Å². The van der Waals surface area contributed by atoms with Gasteiger partial charge in [-0.2, -0.15) is 13.2 Å². The van der Waals surface area contributed by atoms with E-state index in [1.807, 2.05) is 12.1 Å². The van der Waals surface area contributed by atoms with Crippen molar-refractivity contribution in [2.24, 2.45) is 0 Å². The second kappa shape index (κ2) is 7.78. The molecule has 0 spiro atoms. The third kappa shape index (κ3) is 5.49. The molecule has 2 aromatic carbocycles. The maximum absolute atomic E-state index is 12.5. The number of hydrogen-bond acceptors (Lipinski definition) is 3. The van der Waals surface area contributed by atoms with E-state index in [9.17, 15) is 23.1 Å². The van der Waals surface area contributed by atoms with E-state index in [2.05, 4.69) is 5.32 Å². The summed E-state index contributed by atoms with van der Waals surface area (Å²) in [6, 6.07) is 11.1. The van der Waals surface area contributed by atoms with Crippen LogP contribution in [-0.4, -0.2) is 30.3 Å². The molecule has 1 unspecified atom stereocenters. The summed E-state index contributed by atoms with van der Waals surface area (Å²) >= 11 is 0. The van der Waals surface area contributed by atoms with Gasteiger partial charge in [0.05, 0.1) is 18.3 Å². The van der Waals surface area contributed by atoms with Crippen molar-refractivity contribution in [2.75, 3.05) is 13.7 Å². The van der Waals surface area contributed by atoms with Crippen LogP contribution in [0, 0.1) is 0 Å². The number of ether oxygens (including phenoxy) is 1. The fourth-order valence-electron chi connectivity index (χ4n) is 2.43. The standard InChI is InChI=1S/C19H20F3NO3/c1-18(25,11-13-3-9-16(26-2)10-4-13)12-23-17(24)14-5-7-15(8-6-14)19(20,21)22/h3-10,25H,11-12H2,1-2H3,(H,23,24). The zero-order valence-corrected chi connectivity index (χ0v) is 14.4. The molecule has 4 nitrogen and oxygen atoms in total. The number of carbonyl (C=O) groups is 1. The maximum Gasteiger partial charge on any atom is 0.416 e. The number of rotatable bonds is 6. The van der Waals surface area contributed by atoms with Gasteiger partial charge in [-0.15, -0.1) is 0 Å². The monoisotopic (exact) mass is 367 g/mol. The number of halogens is 3. The molecule has 0 aliphatic heterocycles. The summed E-state index contributed by atoms with van der Waals surface area (Å²) in [7, 11) is 1.56. The van der Waals surface area contributed by atoms with Crippen molar-refractivity contribution in [1.82, 2.24) is 5.32 Å². The molecule has 0 radical (unpaired) electrons. The minimum atomic E-state index is -4.45.